The Balaban J connectivity index is 3.30. The lowest BCUT2D eigenvalue weighted by molar-refractivity contribution is -0.153. The van der Waals surface area contributed by atoms with Crippen molar-refractivity contribution in [1.82, 2.24) is 0 Å². The minimum Gasteiger partial charge on any atom is -0.457 e. The topological polar surface area (TPSA) is 66.8 Å². The predicted octanol–water partition coefficient (Wildman–Crippen LogP) is 3.92. The Morgan fingerprint density at radius 2 is 1.43 bits per heavy atom. The fraction of sp³-hybridized carbons (Fsp3) is 0.737. The number of hydrogen-bond acceptors (Lipinski definition) is 4. The van der Waals surface area contributed by atoms with E-state index >= 15 is 0 Å². The second-order valence-electron chi connectivity index (χ2n) is 5.83. The van der Waals surface area contributed by atoms with E-state index in [4.69, 9.17) is 14.9 Å². The molecule has 0 aliphatic carbocycles. The Labute approximate surface area is 141 Å². The van der Waals surface area contributed by atoms with Crippen LogP contribution in [0.25, 0.3) is 0 Å². The zero-order valence-corrected chi connectivity index (χ0v) is 14.4. The molecule has 134 valence electrons. The number of carbonyl (C=O) groups is 1. The SMILES string of the molecule is C=CCCC/C=C\CCCCCCCCC(=O)OC(CO)CO. The third kappa shape index (κ3) is 15.5. The van der Waals surface area contributed by atoms with Crippen molar-refractivity contribution in [3.05, 3.63) is 24.8 Å². The molecule has 2 N–H and O–H groups in total. The van der Waals surface area contributed by atoms with Gasteiger partial charge in [-0.1, -0.05) is 43.9 Å². The van der Waals surface area contributed by atoms with Crippen LogP contribution in [0, 0.1) is 0 Å². The number of esters is 1. The smallest absolute Gasteiger partial charge is 0.306 e. The molecule has 0 heterocycles. The van der Waals surface area contributed by atoms with Gasteiger partial charge in [0.1, 0.15) is 6.10 Å². The van der Waals surface area contributed by atoms with Crippen LogP contribution >= 0.6 is 0 Å². The molecule has 0 rings (SSSR count). The Morgan fingerprint density at radius 1 is 0.870 bits per heavy atom. The quantitative estimate of drug-likeness (QED) is 0.256. The van der Waals surface area contributed by atoms with Crippen molar-refractivity contribution in [3.63, 3.8) is 0 Å². The summed E-state index contributed by atoms with van der Waals surface area (Å²) in [6.07, 6.45) is 17.3. The number of carbonyl (C=O) groups excluding carboxylic acids is 1. The monoisotopic (exact) mass is 326 g/mol. The average Bonchev–Trinajstić information content (AvgIpc) is 2.56. The van der Waals surface area contributed by atoms with Gasteiger partial charge in [0.05, 0.1) is 13.2 Å². The summed E-state index contributed by atoms with van der Waals surface area (Å²) in [5.41, 5.74) is 0. The summed E-state index contributed by atoms with van der Waals surface area (Å²) in [4.78, 5) is 11.4. The average molecular weight is 326 g/mol. The molecule has 0 saturated carbocycles. The van der Waals surface area contributed by atoms with Crippen molar-refractivity contribution in [3.8, 4) is 0 Å². The molecule has 0 aromatic carbocycles. The molecule has 0 atom stereocenters. The van der Waals surface area contributed by atoms with Crippen molar-refractivity contribution in [2.45, 2.75) is 76.7 Å². The maximum absolute atomic E-state index is 11.4. The van der Waals surface area contributed by atoms with Crippen molar-refractivity contribution < 1.29 is 19.7 Å². The van der Waals surface area contributed by atoms with Crippen LogP contribution in [-0.2, 0) is 9.53 Å². The van der Waals surface area contributed by atoms with E-state index < -0.39 is 6.10 Å². The highest BCUT2D eigenvalue weighted by Crippen LogP contribution is 2.10. The molecule has 0 bridgehead atoms. The number of rotatable bonds is 16. The zero-order valence-electron chi connectivity index (χ0n) is 14.4. The molecule has 0 radical (unpaired) electrons. The molecule has 4 nitrogen and oxygen atoms in total. The highest BCUT2D eigenvalue weighted by atomic mass is 16.6. The molecule has 0 saturated heterocycles. The van der Waals surface area contributed by atoms with E-state index in [9.17, 15) is 4.79 Å². The van der Waals surface area contributed by atoms with E-state index in [-0.39, 0.29) is 19.2 Å². The predicted molar refractivity (Wildman–Crippen MR) is 94.2 cm³/mol. The molecule has 0 aliphatic heterocycles. The fourth-order valence-corrected chi connectivity index (χ4v) is 2.23. The lowest BCUT2D eigenvalue weighted by Gasteiger charge is -2.12. The van der Waals surface area contributed by atoms with Gasteiger partial charge < -0.3 is 14.9 Å². The molecule has 0 amide bonds. The number of unbranched alkanes of at least 4 members (excludes halogenated alkanes) is 8. The number of hydrogen-bond donors (Lipinski definition) is 2. The molecule has 23 heavy (non-hydrogen) atoms. The highest BCUT2D eigenvalue weighted by Gasteiger charge is 2.11. The van der Waals surface area contributed by atoms with Crippen molar-refractivity contribution in [2.75, 3.05) is 13.2 Å². The summed E-state index contributed by atoms with van der Waals surface area (Å²) in [7, 11) is 0. The minimum absolute atomic E-state index is 0.328. The molecular formula is C19H34O4. The van der Waals surface area contributed by atoms with E-state index in [2.05, 4.69) is 18.7 Å². The molecule has 0 unspecified atom stereocenters. The zero-order chi connectivity index (χ0) is 17.2. The van der Waals surface area contributed by atoms with Gasteiger partial charge in [0.15, 0.2) is 0 Å². The van der Waals surface area contributed by atoms with Gasteiger partial charge in [-0.15, -0.1) is 6.58 Å². The van der Waals surface area contributed by atoms with Gasteiger partial charge in [0.25, 0.3) is 0 Å². The highest BCUT2D eigenvalue weighted by molar-refractivity contribution is 5.69. The lowest BCUT2D eigenvalue weighted by Crippen LogP contribution is -2.25. The maximum atomic E-state index is 11.4. The number of allylic oxidation sites excluding steroid dienone is 3. The Kier molecular flexibility index (Phi) is 16.4. The number of aliphatic hydroxyl groups is 2. The van der Waals surface area contributed by atoms with Crippen LogP contribution in [0.2, 0.25) is 0 Å². The van der Waals surface area contributed by atoms with Crippen molar-refractivity contribution in [2.24, 2.45) is 0 Å². The summed E-state index contributed by atoms with van der Waals surface area (Å²) < 4.78 is 4.90. The molecule has 0 aromatic heterocycles. The van der Waals surface area contributed by atoms with Gasteiger partial charge in [-0.25, -0.2) is 0 Å². The maximum Gasteiger partial charge on any atom is 0.306 e. The summed E-state index contributed by atoms with van der Waals surface area (Å²) in [6, 6.07) is 0. The van der Waals surface area contributed by atoms with E-state index in [1.165, 1.54) is 25.7 Å². The Hall–Kier alpha value is -1.13. The Morgan fingerprint density at radius 3 is 2.04 bits per heavy atom. The Bertz CT molecular complexity index is 308. The molecule has 0 aromatic rings. The third-order valence-corrected chi connectivity index (χ3v) is 3.65. The molecule has 4 heteroatoms. The van der Waals surface area contributed by atoms with E-state index in [1.807, 2.05) is 6.08 Å². The second-order valence-corrected chi connectivity index (χ2v) is 5.83. The minimum atomic E-state index is -0.771. The van der Waals surface area contributed by atoms with E-state index in [0.717, 1.165) is 38.5 Å². The van der Waals surface area contributed by atoms with Crippen LogP contribution in [0.5, 0.6) is 0 Å². The van der Waals surface area contributed by atoms with Gasteiger partial charge in [-0.05, 0) is 38.5 Å². The first-order chi connectivity index (χ1) is 11.2. The molecule has 0 aliphatic rings. The summed E-state index contributed by atoms with van der Waals surface area (Å²) in [5, 5.41) is 17.6. The second kappa shape index (κ2) is 17.2. The van der Waals surface area contributed by atoms with E-state index in [0.29, 0.717) is 6.42 Å². The molecular weight excluding hydrogens is 292 g/mol. The van der Waals surface area contributed by atoms with Gasteiger partial charge in [-0.2, -0.15) is 0 Å². The van der Waals surface area contributed by atoms with Gasteiger partial charge in [0, 0.05) is 6.42 Å². The van der Waals surface area contributed by atoms with Crippen LogP contribution in [0.15, 0.2) is 24.8 Å². The first kappa shape index (κ1) is 21.9. The lowest BCUT2D eigenvalue weighted by atomic mass is 10.1. The van der Waals surface area contributed by atoms with Gasteiger partial charge >= 0.3 is 5.97 Å². The third-order valence-electron chi connectivity index (χ3n) is 3.65. The molecule has 0 spiro atoms. The van der Waals surface area contributed by atoms with Gasteiger partial charge in [-0.3, -0.25) is 4.79 Å². The first-order valence-electron chi connectivity index (χ1n) is 8.91. The largest absolute Gasteiger partial charge is 0.457 e. The van der Waals surface area contributed by atoms with E-state index in [1.54, 1.807) is 0 Å². The standard InChI is InChI=1S/C19H34O4/c1-2-3-4-5-6-7-8-9-10-11-12-13-14-15-19(22)23-18(16-20)17-21/h2,6-7,18,20-21H,1,3-5,8-17H2/b7-6-. The van der Waals surface area contributed by atoms with Crippen LogP contribution in [-0.4, -0.2) is 35.5 Å². The fourth-order valence-electron chi connectivity index (χ4n) is 2.23. The van der Waals surface area contributed by atoms with Crippen LogP contribution in [0.3, 0.4) is 0 Å². The first-order valence-corrected chi connectivity index (χ1v) is 8.91. The van der Waals surface area contributed by atoms with Gasteiger partial charge in [0.2, 0.25) is 0 Å². The molecule has 0 fully saturated rings. The summed E-state index contributed by atoms with van der Waals surface area (Å²) >= 11 is 0. The number of ether oxygens (including phenoxy) is 1. The normalized spacial score (nSPS) is 11.3. The van der Waals surface area contributed by atoms with Crippen LogP contribution in [0.1, 0.15) is 70.6 Å². The summed E-state index contributed by atoms with van der Waals surface area (Å²) in [5.74, 6) is -0.334. The summed E-state index contributed by atoms with van der Waals surface area (Å²) in [6.45, 7) is 3.05. The van der Waals surface area contributed by atoms with Crippen molar-refractivity contribution in [1.29, 1.82) is 0 Å². The van der Waals surface area contributed by atoms with Crippen molar-refractivity contribution >= 4 is 5.97 Å². The van der Waals surface area contributed by atoms with Crippen LogP contribution in [0.4, 0.5) is 0 Å². The van der Waals surface area contributed by atoms with Crippen LogP contribution < -0.4 is 0 Å². The number of aliphatic hydroxyl groups excluding tert-OH is 2.